The molecule has 1 aromatic carbocycles. The Labute approximate surface area is 119 Å². The van der Waals surface area contributed by atoms with Crippen molar-refractivity contribution in [1.82, 2.24) is 15.1 Å². The first kappa shape index (κ1) is 13.2. The molecular formula is C16H21N3O. The molecule has 1 atom stereocenters. The Bertz CT molecular complexity index is 585. The molecule has 0 aliphatic carbocycles. The molecule has 1 aromatic heterocycles. The Balaban J connectivity index is 1.92. The highest BCUT2D eigenvalue weighted by atomic mass is 16.5. The van der Waals surface area contributed by atoms with Gasteiger partial charge in [-0.1, -0.05) is 12.1 Å². The summed E-state index contributed by atoms with van der Waals surface area (Å²) in [4.78, 5) is 0. The molecule has 0 saturated carbocycles. The van der Waals surface area contributed by atoms with Gasteiger partial charge in [-0.3, -0.25) is 4.68 Å². The predicted octanol–water partition coefficient (Wildman–Crippen LogP) is 2.25. The molecule has 0 radical (unpaired) electrons. The van der Waals surface area contributed by atoms with Crippen LogP contribution >= 0.6 is 0 Å². The molecule has 1 unspecified atom stereocenters. The topological polar surface area (TPSA) is 39.1 Å². The molecule has 0 amide bonds. The average Bonchev–Trinajstić information content (AvgIpc) is 3.11. The number of hydrogen-bond acceptors (Lipinski definition) is 3. The monoisotopic (exact) mass is 271 g/mol. The van der Waals surface area contributed by atoms with Gasteiger partial charge in [0.15, 0.2) is 0 Å². The van der Waals surface area contributed by atoms with Crippen molar-refractivity contribution >= 4 is 0 Å². The molecule has 4 heteroatoms. The van der Waals surface area contributed by atoms with Gasteiger partial charge in [0, 0.05) is 18.3 Å². The summed E-state index contributed by atoms with van der Waals surface area (Å²) in [5.41, 5.74) is 3.71. The van der Waals surface area contributed by atoms with E-state index < -0.39 is 0 Å². The smallest absolute Gasteiger partial charge is 0.119 e. The molecule has 1 aliphatic heterocycles. The summed E-state index contributed by atoms with van der Waals surface area (Å²) in [5, 5.41) is 7.88. The summed E-state index contributed by atoms with van der Waals surface area (Å²) in [6, 6.07) is 8.20. The lowest BCUT2D eigenvalue weighted by molar-refractivity contribution is 0.415. The lowest BCUT2D eigenvalue weighted by Gasteiger charge is -2.11. The van der Waals surface area contributed by atoms with E-state index in [-0.39, 0.29) is 0 Å². The second-order valence-corrected chi connectivity index (χ2v) is 5.42. The molecule has 0 spiro atoms. The Morgan fingerprint density at radius 1 is 1.45 bits per heavy atom. The van der Waals surface area contributed by atoms with Gasteiger partial charge >= 0.3 is 0 Å². The third kappa shape index (κ3) is 2.56. The van der Waals surface area contributed by atoms with E-state index in [0.29, 0.717) is 0 Å². The van der Waals surface area contributed by atoms with Crippen LogP contribution in [0, 0.1) is 5.92 Å². The van der Waals surface area contributed by atoms with Crippen molar-refractivity contribution in [2.75, 3.05) is 20.2 Å². The van der Waals surface area contributed by atoms with Crippen LogP contribution in [0.15, 0.2) is 30.5 Å². The number of aromatic nitrogens is 2. The Morgan fingerprint density at radius 3 is 3.10 bits per heavy atom. The minimum absolute atomic E-state index is 0.717. The van der Waals surface area contributed by atoms with Crippen molar-refractivity contribution in [2.45, 2.75) is 12.8 Å². The zero-order valence-corrected chi connectivity index (χ0v) is 12.1. The van der Waals surface area contributed by atoms with Gasteiger partial charge in [-0.05, 0) is 49.5 Å². The molecule has 1 saturated heterocycles. The number of methoxy groups -OCH3 is 1. The molecule has 106 valence electrons. The first-order valence-electron chi connectivity index (χ1n) is 7.14. The number of hydrogen-bond donors (Lipinski definition) is 1. The van der Waals surface area contributed by atoms with Crippen LogP contribution in [0.1, 0.15) is 12.1 Å². The molecule has 1 aliphatic rings. The fraction of sp³-hybridized carbons (Fsp3) is 0.438. The number of benzene rings is 1. The molecule has 3 rings (SSSR count). The van der Waals surface area contributed by atoms with Gasteiger partial charge in [0.05, 0.1) is 13.3 Å². The van der Waals surface area contributed by atoms with Gasteiger partial charge in [-0.25, -0.2) is 0 Å². The number of ether oxygens (including phenoxy) is 1. The van der Waals surface area contributed by atoms with Gasteiger partial charge in [0.1, 0.15) is 5.75 Å². The average molecular weight is 271 g/mol. The van der Waals surface area contributed by atoms with Gasteiger partial charge in [-0.2, -0.15) is 5.10 Å². The van der Waals surface area contributed by atoms with Gasteiger partial charge in [-0.15, -0.1) is 0 Å². The highest BCUT2D eigenvalue weighted by Crippen LogP contribution is 2.29. The van der Waals surface area contributed by atoms with E-state index in [9.17, 15) is 0 Å². The van der Waals surface area contributed by atoms with Gasteiger partial charge in [0.2, 0.25) is 0 Å². The van der Waals surface area contributed by atoms with E-state index in [1.54, 1.807) is 7.11 Å². The summed E-state index contributed by atoms with van der Waals surface area (Å²) >= 11 is 0. The van der Waals surface area contributed by atoms with Crippen molar-refractivity contribution < 1.29 is 4.74 Å². The van der Waals surface area contributed by atoms with Crippen molar-refractivity contribution in [3.8, 4) is 16.9 Å². The Hall–Kier alpha value is -1.81. The van der Waals surface area contributed by atoms with Crippen LogP contribution in [0.4, 0.5) is 0 Å². The second-order valence-electron chi connectivity index (χ2n) is 5.42. The van der Waals surface area contributed by atoms with Crippen molar-refractivity contribution in [3.05, 3.63) is 36.2 Å². The van der Waals surface area contributed by atoms with Crippen LogP contribution in [-0.2, 0) is 13.5 Å². The molecule has 2 aromatic rings. The summed E-state index contributed by atoms with van der Waals surface area (Å²) in [6.07, 6.45) is 4.30. The maximum Gasteiger partial charge on any atom is 0.119 e. The zero-order chi connectivity index (χ0) is 13.9. The summed E-state index contributed by atoms with van der Waals surface area (Å²) in [7, 11) is 3.73. The second kappa shape index (κ2) is 5.67. The zero-order valence-electron chi connectivity index (χ0n) is 12.1. The number of aryl methyl sites for hydroxylation is 1. The standard InChI is InChI=1S/C16H21N3O/c1-19-16(8-12-6-7-17-10-12)15(11-18-19)13-4-3-5-14(9-13)20-2/h3-5,9,11-12,17H,6-8,10H2,1-2H3. The van der Waals surface area contributed by atoms with E-state index in [0.717, 1.165) is 31.2 Å². The SMILES string of the molecule is COc1cccc(-c2cnn(C)c2CC2CCNC2)c1. The van der Waals surface area contributed by atoms with Crippen LogP contribution < -0.4 is 10.1 Å². The summed E-state index contributed by atoms with van der Waals surface area (Å²) in [5.74, 6) is 1.61. The third-order valence-corrected chi connectivity index (χ3v) is 4.09. The first-order valence-corrected chi connectivity index (χ1v) is 7.14. The minimum Gasteiger partial charge on any atom is -0.497 e. The highest BCUT2D eigenvalue weighted by molar-refractivity contribution is 5.67. The molecule has 1 fully saturated rings. The van der Waals surface area contributed by atoms with Gasteiger partial charge < -0.3 is 10.1 Å². The molecular weight excluding hydrogens is 250 g/mol. The van der Waals surface area contributed by atoms with E-state index in [2.05, 4.69) is 22.5 Å². The van der Waals surface area contributed by atoms with E-state index in [4.69, 9.17) is 4.74 Å². The lowest BCUT2D eigenvalue weighted by atomic mass is 9.97. The van der Waals surface area contributed by atoms with Crippen LogP contribution in [0.2, 0.25) is 0 Å². The molecule has 20 heavy (non-hydrogen) atoms. The van der Waals surface area contributed by atoms with Gasteiger partial charge in [0.25, 0.3) is 0 Å². The van der Waals surface area contributed by atoms with Crippen LogP contribution in [-0.4, -0.2) is 30.0 Å². The fourth-order valence-corrected chi connectivity index (χ4v) is 2.90. The first-order chi connectivity index (χ1) is 9.78. The maximum absolute atomic E-state index is 5.32. The van der Waals surface area contributed by atoms with Crippen LogP contribution in [0.3, 0.4) is 0 Å². The summed E-state index contributed by atoms with van der Waals surface area (Å²) < 4.78 is 7.33. The molecule has 1 N–H and O–H groups in total. The van der Waals surface area contributed by atoms with Crippen LogP contribution in [0.25, 0.3) is 11.1 Å². The molecule has 0 bridgehead atoms. The summed E-state index contributed by atoms with van der Waals surface area (Å²) in [6.45, 7) is 2.25. The van der Waals surface area contributed by atoms with Crippen molar-refractivity contribution in [2.24, 2.45) is 13.0 Å². The van der Waals surface area contributed by atoms with Crippen molar-refractivity contribution in [1.29, 1.82) is 0 Å². The Morgan fingerprint density at radius 2 is 2.35 bits per heavy atom. The predicted molar refractivity (Wildman–Crippen MR) is 79.9 cm³/mol. The number of nitrogens with zero attached hydrogens (tertiary/aromatic N) is 2. The van der Waals surface area contributed by atoms with E-state index in [1.165, 1.54) is 23.2 Å². The van der Waals surface area contributed by atoms with Crippen molar-refractivity contribution in [3.63, 3.8) is 0 Å². The maximum atomic E-state index is 5.32. The molecule has 2 heterocycles. The van der Waals surface area contributed by atoms with E-state index in [1.807, 2.05) is 30.1 Å². The normalized spacial score (nSPS) is 18.4. The minimum atomic E-state index is 0.717. The largest absolute Gasteiger partial charge is 0.497 e. The number of nitrogens with one attached hydrogen (secondary N) is 1. The molecule has 4 nitrogen and oxygen atoms in total. The quantitative estimate of drug-likeness (QED) is 0.927. The highest BCUT2D eigenvalue weighted by Gasteiger charge is 2.19. The fourth-order valence-electron chi connectivity index (χ4n) is 2.90. The lowest BCUT2D eigenvalue weighted by Crippen LogP contribution is -2.13. The third-order valence-electron chi connectivity index (χ3n) is 4.09. The van der Waals surface area contributed by atoms with Crippen LogP contribution in [0.5, 0.6) is 5.75 Å². The number of rotatable bonds is 4. The Kier molecular flexibility index (Phi) is 3.74. The van der Waals surface area contributed by atoms with E-state index >= 15 is 0 Å².